The van der Waals surface area contributed by atoms with E-state index in [1.54, 1.807) is 24.4 Å². The molecule has 0 radical (unpaired) electrons. The highest BCUT2D eigenvalue weighted by molar-refractivity contribution is 6.04. The lowest BCUT2D eigenvalue weighted by Crippen LogP contribution is -2.10. The summed E-state index contributed by atoms with van der Waals surface area (Å²) < 4.78 is 5.43. The molecule has 0 spiro atoms. The minimum atomic E-state index is -0.279. The van der Waals surface area contributed by atoms with Gasteiger partial charge in [-0.05, 0) is 24.3 Å². The summed E-state index contributed by atoms with van der Waals surface area (Å²) in [5, 5.41) is 2.76. The van der Waals surface area contributed by atoms with Crippen LogP contribution in [0.3, 0.4) is 0 Å². The number of carbonyl (C=O) groups is 1. The lowest BCUT2D eigenvalue weighted by molar-refractivity contribution is 0.0998. The Hall–Kier alpha value is -2.62. The molecule has 1 aromatic carbocycles. The monoisotopic (exact) mass is 238 g/mol. The molecule has 3 aromatic rings. The van der Waals surface area contributed by atoms with Crippen LogP contribution in [-0.4, -0.2) is 10.9 Å². The molecule has 3 rings (SSSR count). The second kappa shape index (κ2) is 4.33. The number of anilines is 1. The molecule has 4 nitrogen and oxygen atoms in total. The molecule has 1 N–H and O–H groups in total. The average Bonchev–Trinajstić information content (AvgIpc) is 2.84. The molecule has 0 atom stereocenters. The number of rotatable bonds is 2. The minimum Gasteiger partial charge on any atom is -0.449 e. The number of benzene rings is 1. The minimum absolute atomic E-state index is 0.257. The normalized spacial score (nSPS) is 10.4. The quantitative estimate of drug-likeness (QED) is 0.746. The SMILES string of the molecule is O=C(Nc1ccccc1)c1cc2ncccc2o1. The topological polar surface area (TPSA) is 55.1 Å². The maximum absolute atomic E-state index is 12.0. The maximum Gasteiger partial charge on any atom is 0.291 e. The smallest absolute Gasteiger partial charge is 0.291 e. The Bertz CT molecular complexity index is 656. The Labute approximate surface area is 103 Å². The van der Waals surface area contributed by atoms with E-state index in [9.17, 15) is 4.79 Å². The van der Waals surface area contributed by atoms with E-state index in [2.05, 4.69) is 10.3 Å². The van der Waals surface area contributed by atoms with Crippen LogP contribution >= 0.6 is 0 Å². The van der Waals surface area contributed by atoms with Crippen molar-refractivity contribution >= 4 is 22.7 Å². The number of pyridine rings is 1. The number of para-hydroxylation sites is 1. The molecule has 0 aliphatic rings. The van der Waals surface area contributed by atoms with Gasteiger partial charge >= 0.3 is 0 Å². The summed E-state index contributed by atoms with van der Waals surface area (Å²) in [5.74, 6) is -0.0215. The first kappa shape index (κ1) is 10.5. The number of carbonyl (C=O) groups excluding carboxylic acids is 1. The fourth-order valence-corrected chi connectivity index (χ4v) is 1.70. The molecule has 2 aromatic heterocycles. The van der Waals surface area contributed by atoms with Gasteiger partial charge in [-0.3, -0.25) is 9.78 Å². The van der Waals surface area contributed by atoms with Crippen molar-refractivity contribution in [2.45, 2.75) is 0 Å². The van der Waals surface area contributed by atoms with Gasteiger partial charge in [0.05, 0.1) is 0 Å². The largest absolute Gasteiger partial charge is 0.449 e. The van der Waals surface area contributed by atoms with Gasteiger partial charge in [-0.15, -0.1) is 0 Å². The first-order chi connectivity index (χ1) is 8.83. The Morgan fingerprint density at radius 2 is 1.94 bits per heavy atom. The lowest BCUT2D eigenvalue weighted by Gasteiger charge is -2.01. The van der Waals surface area contributed by atoms with Gasteiger partial charge in [-0.2, -0.15) is 0 Å². The Kier molecular flexibility index (Phi) is 2.53. The predicted molar refractivity (Wildman–Crippen MR) is 68.4 cm³/mol. The van der Waals surface area contributed by atoms with Gasteiger partial charge in [0.25, 0.3) is 5.91 Å². The van der Waals surface area contributed by atoms with E-state index in [-0.39, 0.29) is 11.7 Å². The van der Waals surface area contributed by atoms with Crippen LogP contribution in [0.1, 0.15) is 10.6 Å². The number of amides is 1. The van der Waals surface area contributed by atoms with Gasteiger partial charge in [0, 0.05) is 18.0 Å². The summed E-state index contributed by atoms with van der Waals surface area (Å²) in [5.41, 5.74) is 2.02. The van der Waals surface area contributed by atoms with Gasteiger partial charge in [0.1, 0.15) is 5.52 Å². The zero-order valence-corrected chi connectivity index (χ0v) is 9.46. The van der Waals surface area contributed by atoms with Crippen LogP contribution in [0.15, 0.2) is 59.1 Å². The predicted octanol–water partition coefficient (Wildman–Crippen LogP) is 3.08. The van der Waals surface area contributed by atoms with Crippen molar-refractivity contribution in [1.82, 2.24) is 4.98 Å². The number of furan rings is 1. The maximum atomic E-state index is 12.0. The number of hydrogen-bond donors (Lipinski definition) is 1. The second-order valence-electron chi connectivity index (χ2n) is 3.82. The van der Waals surface area contributed by atoms with Crippen LogP contribution in [-0.2, 0) is 0 Å². The molecule has 0 unspecified atom stereocenters. The zero-order valence-electron chi connectivity index (χ0n) is 9.46. The standard InChI is InChI=1S/C14H10N2O2/c17-14(16-10-5-2-1-3-6-10)13-9-11-12(18-13)7-4-8-15-11/h1-9H,(H,16,17). The van der Waals surface area contributed by atoms with Crippen molar-refractivity contribution in [1.29, 1.82) is 0 Å². The van der Waals surface area contributed by atoms with Crippen molar-refractivity contribution < 1.29 is 9.21 Å². The molecule has 0 bridgehead atoms. The molecule has 0 saturated heterocycles. The van der Waals surface area contributed by atoms with Crippen LogP contribution in [0.2, 0.25) is 0 Å². The van der Waals surface area contributed by atoms with E-state index >= 15 is 0 Å². The third-order valence-electron chi connectivity index (χ3n) is 2.54. The summed E-state index contributed by atoms with van der Waals surface area (Å²) in [4.78, 5) is 16.1. The molecule has 2 heterocycles. The number of nitrogens with one attached hydrogen (secondary N) is 1. The van der Waals surface area contributed by atoms with Crippen LogP contribution in [0.4, 0.5) is 5.69 Å². The van der Waals surface area contributed by atoms with Gasteiger partial charge in [0.2, 0.25) is 0 Å². The van der Waals surface area contributed by atoms with Gasteiger partial charge in [-0.25, -0.2) is 0 Å². The molecule has 88 valence electrons. The summed E-state index contributed by atoms with van der Waals surface area (Å²) in [6, 6.07) is 14.4. The third kappa shape index (κ3) is 1.96. The third-order valence-corrected chi connectivity index (χ3v) is 2.54. The molecule has 0 saturated carbocycles. The van der Waals surface area contributed by atoms with Crippen LogP contribution in [0.25, 0.3) is 11.1 Å². The van der Waals surface area contributed by atoms with Crippen LogP contribution in [0, 0.1) is 0 Å². The number of hydrogen-bond acceptors (Lipinski definition) is 3. The van der Waals surface area contributed by atoms with E-state index in [4.69, 9.17) is 4.42 Å². The molecular weight excluding hydrogens is 228 g/mol. The van der Waals surface area contributed by atoms with Crippen LogP contribution < -0.4 is 5.32 Å². The van der Waals surface area contributed by atoms with Crippen molar-refractivity contribution in [2.24, 2.45) is 0 Å². The molecular formula is C14H10N2O2. The highest BCUT2D eigenvalue weighted by atomic mass is 16.3. The molecule has 0 aliphatic heterocycles. The zero-order chi connectivity index (χ0) is 12.4. The molecule has 18 heavy (non-hydrogen) atoms. The van der Waals surface area contributed by atoms with Crippen LogP contribution in [0.5, 0.6) is 0 Å². The second-order valence-corrected chi connectivity index (χ2v) is 3.82. The summed E-state index contributed by atoms with van der Waals surface area (Å²) in [7, 11) is 0. The highest BCUT2D eigenvalue weighted by Gasteiger charge is 2.12. The summed E-state index contributed by atoms with van der Waals surface area (Å²) >= 11 is 0. The van der Waals surface area contributed by atoms with E-state index < -0.39 is 0 Å². The fraction of sp³-hybridized carbons (Fsp3) is 0. The molecule has 1 amide bonds. The first-order valence-electron chi connectivity index (χ1n) is 5.54. The van der Waals surface area contributed by atoms with E-state index in [0.29, 0.717) is 11.1 Å². The van der Waals surface area contributed by atoms with Gasteiger partial charge in [-0.1, -0.05) is 18.2 Å². The average molecular weight is 238 g/mol. The van der Waals surface area contributed by atoms with Crippen molar-refractivity contribution in [3.63, 3.8) is 0 Å². The molecule has 4 heteroatoms. The Morgan fingerprint density at radius 1 is 1.11 bits per heavy atom. The summed E-state index contributed by atoms with van der Waals surface area (Å²) in [6.07, 6.45) is 1.66. The van der Waals surface area contributed by atoms with E-state index in [1.165, 1.54) is 0 Å². The highest BCUT2D eigenvalue weighted by Crippen LogP contribution is 2.17. The first-order valence-corrected chi connectivity index (χ1v) is 5.54. The number of aromatic nitrogens is 1. The number of fused-ring (bicyclic) bond motifs is 1. The molecule has 0 fully saturated rings. The van der Waals surface area contributed by atoms with Crippen molar-refractivity contribution in [2.75, 3.05) is 5.32 Å². The fourth-order valence-electron chi connectivity index (χ4n) is 1.70. The van der Waals surface area contributed by atoms with Gasteiger partial charge in [0.15, 0.2) is 11.3 Å². The molecule has 0 aliphatic carbocycles. The van der Waals surface area contributed by atoms with Crippen molar-refractivity contribution in [3.8, 4) is 0 Å². The Morgan fingerprint density at radius 3 is 2.72 bits per heavy atom. The van der Waals surface area contributed by atoms with E-state index in [0.717, 1.165) is 5.69 Å². The van der Waals surface area contributed by atoms with Gasteiger partial charge < -0.3 is 9.73 Å². The Balaban J connectivity index is 1.88. The van der Waals surface area contributed by atoms with E-state index in [1.807, 2.05) is 30.3 Å². The number of nitrogens with zero attached hydrogens (tertiary/aromatic N) is 1. The lowest BCUT2D eigenvalue weighted by atomic mass is 10.3. The van der Waals surface area contributed by atoms with Crippen molar-refractivity contribution in [3.05, 3.63) is 60.5 Å². The summed E-state index contributed by atoms with van der Waals surface area (Å²) in [6.45, 7) is 0.